The number of carbonyl (C=O) groups excluding carboxylic acids is 1. The van der Waals surface area contributed by atoms with Crippen LogP contribution >= 0.6 is 0 Å². The lowest BCUT2D eigenvalue weighted by Crippen LogP contribution is -2.23. The minimum atomic E-state index is -0.950. The summed E-state index contributed by atoms with van der Waals surface area (Å²) in [4.78, 5) is 16.3. The Bertz CT molecular complexity index is 949. The molecular weight excluding hydrogens is 354 g/mol. The van der Waals surface area contributed by atoms with Gasteiger partial charge in [-0.1, -0.05) is 0 Å². The van der Waals surface area contributed by atoms with Crippen LogP contribution in [0, 0.1) is 11.6 Å². The van der Waals surface area contributed by atoms with Gasteiger partial charge in [0.2, 0.25) is 5.91 Å². The number of imidazole rings is 1. The first-order chi connectivity index (χ1) is 13.0. The summed E-state index contributed by atoms with van der Waals surface area (Å²) in [6.45, 7) is 1.16. The average Bonchev–Trinajstić information content (AvgIpc) is 3.28. The summed E-state index contributed by atoms with van der Waals surface area (Å²) in [6.07, 6.45) is 3.41. The van der Waals surface area contributed by atoms with E-state index >= 15 is 0 Å². The molecule has 0 spiro atoms. The first kappa shape index (κ1) is 18.8. The van der Waals surface area contributed by atoms with Crippen molar-refractivity contribution in [2.45, 2.75) is 13.1 Å². The van der Waals surface area contributed by atoms with Crippen molar-refractivity contribution in [2.75, 3.05) is 20.8 Å². The Hall–Kier alpha value is -3.00. The quantitative estimate of drug-likeness (QED) is 0.692. The SMILES string of the molecule is CNC(=O)Cn1cnc(-c2ccc(F)c(F)c2)c1-c1cccn1CCOC. The molecule has 0 aliphatic carbocycles. The molecule has 0 saturated carbocycles. The van der Waals surface area contributed by atoms with Gasteiger partial charge in [-0.15, -0.1) is 0 Å². The molecule has 3 rings (SSSR count). The number of ether oxygens (including phenoxy) is 1. The van der Waals surface area contributed by atoms with Crippen LogP contribution in [0.15, 0.2) is 42.9 Å². The highest BCUT2D eigenvalue weighted by molar-refractivity contribution is 5.80. The lowest BCUT2D eigenvalue weighted by molar-refractivity contribution is -0.121. The lowest BCUT2D eigenvalue weighted by Gasteiger charge is -2.13. The minimum Gasteiger partial charge on any atom is -0.383 e. The fourth-order valence-corrected chi connectivity index (χ4v) is 2.87. The Morgan fingerprint density at radius 2 is 2.04 bits per heavy atom. The van der Waals surface area contributed by atoms with Crippen LogP contribution in [0.2, 0.25) is 0 Å². The molecule has 1 amide bonds. The van der Waals surface area contributed by atoms with Gasteiger partial charge in [-0.05, 0) is 30.3 Å². The van der Waals surface area contributed by atoms with Gasteiger partial charge in [0.15, 0.2) is 11.6 Å². The third-order valence-corrected chi connectivity index (χ3v) is 4.23. The van der Waals surface area contributed by atoms with Crippen molar-refractivity contribution in [3.8, 4) is 22.6 Å². The number of aromatic nitrogens is 3. The van der Waals surface area contributed by atoms with Crippen molar-refractivity contribution in [3.05, 3.63) is 54.5 Å². The molecule has 1 aromatic carbocycles. The number of nitrogens with one attached hydrogen (secondary N) is 1. The monoisotopic (exact) mass is 374 g/mol. The molecule has 3 aromatic rings. The zero-order chi connectivity index (χ0) is 19.4. The molecule has 2 aromatic heterocycles. The minimum absolute atomic E-state index is 0.0535. The maximum atomic E-state index is 13.8. The van der Waals surface area contributed by atoms with E-state index in [4.69, 9.17) is 4.74 Å². The molecule has 0 unspecified atom stereocenters. The predicted molar refractivity (Wildman–Crippen MR) is 96.9 cm³/mol. The Labute approximate surface area is 155 Å². The Morgan fingerprint density at radius 1 is 1.22 bits per heavy atom. The van der Waals surface area contributed by atoms with Gasteiger partial charge in [0.1, 0.15) is 6.54 Å². The zero-order valence-electron chi connectivity index (χ0n) is 15.1. The Morgan fingerprint density at radius 3 is 2.74 bits per heavy atom. The summed E-state index contributed by atoms with van der Waals surface area (Å²) in [5.41, 5.74) is 2.34. The Kier molecular flexibility index (Phi) is 5.66. The van der Waals surface area contributed by atoms with Crippen LogP contribution in [0.25, 0.3) is 22.6 Å². The van der Waals surface area contributed by atoms with E-state index < -0.39 is 11.6 Å². The molecule has 0 bridgehead atoms. The van der Waals surface area contributed by atoms with E-state index in [1.807, 2.05) is 22.9 Å². The molecule has 0 fully saturated rings. The van der Waals surface area contributed by atoms with E-state index in [1.54, 1.807) is 18.7 Å². The third kappa shape index (κ3) is 3.90. The van der Waals surface area contributed by atoms with Crippen molar-refractivity contribution in [2.24, 2.45) is 0 Å². The maximum absolute atomic E-state index is 13.8. The first-order valence-electron chi connectivity index (χ1n) is 8.40. The summed E-state index contributed by atoms with van der Waals surface area (Å²) in [7, 11) is 3.17. The molecular formula is C19H20F2N4O2. The molecule has 6 nitrogen and oxygen atoms in total. The molecule has 8 heteroatoms. The van der Waals surface area contributed by atoms with Crippen molar-refractivity contribution in [1.29, 1.82) is 0 Å². The van der Waals surface area contributed by atoms with Gasteiger partial charge in [-0.25, -0.2) is 13.8 Å². The molecule has 142 valence electrons. The van der Waals surface area contributed by atoms with E-state index in [1.165, 1.54) is 12.4 Å². The van der Waals surface area contributed by atoms with Crippen LogP contribution in [-0.2, 0) is 22.6 Å². The second kappa shape index (κ2) is 8.13. The zero-order valence-corrected chi connectivity index (χ0v) is 15.1. The topological polar surface area (TPSA) is 61.1 Å². The summed E-state index contributed by atoms with van der Waals surface area (Å²) < 4.78 is 35.9. The number of halogens is 2. The van der Waals surface area contributed by atoms with Gasteiger partial charge in [-0.3, -0.25) is 4.79 Å². The smallest absolute Gasteiger partial charge is 0.239 e. The lowest BCUT2D eigenvalue weighted by atomic mass is 10.1. The van der Waals surface area contributed by atoms with Gasteiger partial charge in [0.05, 0.1) is 30.0 Å². The number of amides is 1. The first-order valence-corrected chi connectivity index (χ1v) is 8.40. The standard InChI is InChI=1S/C19H20F2N4O2/c1-22-17(26)11-25-12-23-18(13-5-6-14(20)15(21)10-13)19(25)16-4-3-7-24(16)8-9-27-2/h3-7,10,12H,8-9,11H2,1-2H3,(H,22,26). The van der Waals surface area contributed by atoms with Crippen LogP contribution in [0.3, 0.4) is 0 Å². The fourth-order valence-electron chi connectivity index (χ4n) is 2.87. The second-order valence-electron chi connectivity index (χ2n) is 5.95. The van der Waals surface area contributed by atoms with E-state index in [0.29, 0.717) is 30.1 Å². The fraction of sp³-hybridized carbons (Fsp3) is 0.263. The number of likely N-dealkylation sites (N-methyl/N-ethyl adjacent to an activating group) is 1. The van der Waals surface area contributed by atoms with Crippen molar-refractivity contribution in [3.63, 3.8) is 0 Å². The van der Waals surface area contributed by atoms with Crippen LogP contribution in [0.5, 0.6) is 0 Å². The number of nitrogens with zero attached hydrogens (tertiary/aromatic N) is 3. The number of methoxy groups -OCH3 is 1. The highest BCUT2D eigenvalue weighted by Gasteiger charge is 2.20. The molecule has 27 heavy (non-hydrogen) atoms. The molecule has 0 aliphatic rings. The van der Waals surface area contributed by atoms with E-state index in [9.17, 15) is 13.6 Å². The van der Waals surface area contributed by atoms with E-state index in [-0.39, 0.29) is 12.5 Å². The number of carbonyl (C=O) groups is 1. The molecule has 0 radical (unpaired) electrons. The number of benzene rings is 1. The summed E-state index contributed by atoms with van der Waals surface area (Å²) in [5, 5.41) is 2.58. The van der Waals surface area contributed by atoms with Crippen LogP contribution in [0.1, 0.15) is 0 Å². The Balaban J connectivity index is 2.13. The van der Waals surface area contributed by atoms with E-state index in [2.05, 4.69) is 10.3 Å². The number of rotatable bonds is 7. The van der Waals surface area contributed by atoms with Gasteiger partial charge in [-0.2, -0.15) is 0 Å². The number of hydrogen-bond donors (Lipinski definition) is 1. The van der Waals surface area contributed by atoms with E-state index in [0.717, 1.165) is 17.8 Å². The third-order valence-electron chi connectivity index (χ3n) is 4.23. The van der Waals surface area contributed by atoms with Crippen molar-refractivity contribution < 1.29 is 18.3 Å². The molecule has 2 heterocycles. The molecule has 1 N–H and O–H groups in total. The molecule has 0 aliphatic heterocycles. The predicted octanol–water partition coefficient (Wildman–Crippen LogP) is 2.69. The van der Waals surface area contributed by atoms with Gasteiger partial charge >= 0.3 is 0 Å². The number of hydrogen-bond acceptors (Lipinski definition) is 3. The summed E-state index contributed by atoms with van der Waals surface area (Å²) >= 11 is 0. The highest BCUT2D eigenvalue weighted by atomic mass is 19.2. The van der Waals surface area contributed by atoms with Gasteiger partial charge < -0.3 is 19.2 Å². The maximum Gasteiger partial charge on any atom is 0.239 e. The largest absolute Gasteiger partial charge is 0.383 e. The highest BCUT2D eigenvalue weighted by Crippen LogP contribution is 2.32. The normalized spacial score (nSPS) is 11.0. The summed E-state index contributed by atoms with van der Waals surface area (Å²) in [6, 6.07) is 7.40. The van der Waals surface area contributed by atoms with Crippen molar-refractivity contribution in [1.82, 2.24) is 19.4 Å². The average molecular weight is 374 g/mol. The van der Waals surface area contributed by atoms with Crippen LogP contribution in [0.4, 0.5) is 8.78 Å². The second-order valence-corrected chi connectivity index (χ2v) is 5.95. The summed E-state index contributed by atoms with van der Waals surface area (Å²) in [5.74, 6) is -2.07. The van der Waals surface area contributed by atoms with Gasteiger partial charge in [0, 0.05) is 32.5 Å². The van der Waals surface area contributed by atoms with Crippen LogP contribution in [-0.4, -0.2) is 40.8 Å². The van der Waals surface area contributed by atoms with Crippen molar-refractivity contribution >= 4 is 5.91 Å². The van der Waals surface area contributed by atoms with Crippen LogP contribution < -0.4 is 5.32 Å². The molecule has 0 saturated heterocycles. The molecule has 0 atom stereocenters. The van der Waals surface area contributed by atoms with Gasteiger partial charge in [0.25, 0.3) is 0 Å².